The Kier molecular flexibility index (Phi) is 5.79. The van der Waals surface area contributed by atoms with Crippen molar-refractivity contribution in [3.05, 3.63) is 16.0 Å². The topological polar surface area (TPSA) is 95.9 Å². The molecule has 0 bridgehead atoms. The molecule has 1 atom stereocenters. The molecular formula is C16H24N2O5S2. The summed E-state index contributed by atoms with van der Waals surface area (Å²) in [5, 5.41) is 12.8. The first kappa shape index (κ1) is 18.8. The lowest BCUT2D eigenvalue weighted by molar-refractivity contribution is 0.0692. The second-order valence-corrected chi connectivity index (χ2v) is 9.63. The van der Waals surface area contributed by atoms with E-state index in [1.165, 1.54) is 4.31 Å². The van der Waals surface area contributed by atoms with Crippen LogP contribution >= 0.6 is 11.3 Å². The lowest BCUT2D eigenvalue weighted by Gasteiger charge is -2.24. The summed E-state index contributed by atoms with van der Waals surface area (Å²) in [7, 11) is -3.86. The van der Waals surface area contributed by atoms with Gasteiger partial charge in [0.15, 0.2) is 0 Å². The lowest BCUT2D eigenvalue weighted by Crippen LogP contribution is -2.38. The Morgan fingerprint density at radius 3 is 2.92 bits per heavy atom. The van der Waals surface area contributed by atoms with Crippen LogP contribution in [-0.4, -0.2) is 56.1 Å². The van der Waals surface area contributed by atoms with Crippen LogP contribution in [0.1, 0.15) is 47.0 Å². The fourth-order valence-corrected chi connectivity index (χ4v) is 6.96. The van der Waals surface area contributed by atoms with E-state index in [-0.39, 0.29) is 22.4 Å². The maximum absolute atomic E-state index is 13.3. The maximum Gasteiger partial charge on any atom is 0.338 e. The highest BCUT2D eigenvalue weighted by Crippen LogP contribution is 2.36. The predicted octanol–water partition coefficient (Wildman–Crippen LogP) is 1.67. The molecule has 2 aliphatic rings. The quantitative estimate of drug-likeness (QED) is 0.738. The number of fused-ring (bicyclic) bond motifs is 1. The molecule has 9 heteroatoms. The number of nitrogens with one attached hydrogen (secondary N) is 1. The van der Waals surface area contributed by atoms with Crippen molar-refractivity contribution >= 4 is 27.3 Å². The number of sulfonamides is 1. The van der Waals surface area contributed by atoms with Crippen LogP contribution in [0.4, 0.5) is 0 Å². The van der Waals surface area contributed by atoms with E-state index in [0.29, 0.717) is 44.6 Å². The van der Waals surface area contributed by atoms with E-state index in [2.05, 4.69) is 5.32 Å². The van der Waals surface area contributed by atoms with E-state index < -0.39 is 16.0 Å². The van der Waals surface area contributed by atoms with E-state index in [0.717, 1.165) is 29.1 Å². The van der Waals surface area contributed by atoms with Gasteiger partial charge in [0, 0.05) is 31.1 Å². The molecule has 0 aliphatic carbocycles. The van der Waals surface area contributed by atoms with Crippen LogP contribution in [0, 0.1) is 0 Å². The SMILES string of the molecule is CCCN(CC1CCCO1)S(=O)(=O)c1sc2c(c1C(=O)O)CCNC2. The molecule has 0 saturated carbocycles. The Hall–Kier alpha value is -1.00. The smallest absolute Gasteiger partial charge is 0.338 e. The van der Waals surface area contributed by atoms with Crippen LogP contribution < -0.4 is 5.32 Å². The van der Waals surface area contributed by atoms with Gasteiger partial charge in [0.2, 0.25) is 0 Å². The number of ether oxygens (including phenoxy) is 1. The van der Waals surface area contributed by atoms with Gasteiger partial charge in [-0.15, -0.1) is 11.3 Å². The van der Waals surface area contributed by atoms with Crippen molar-refractivity contribution in [2.45, 2.75) is 49.5 Å². The third kappa shape index (κ3) is 3.75. The minimum Gasteiger partial charge on any atom is -0.478 e. The summed E-state index contributed by atoms with van der Waals surface area (Å²) in [5.41, 5.74) is 0.637. The number of nitrogens with zero attached hydrogens (tertiary/aromatic N) is 1. The highest BCUT2D eigenvalue weighted by molar-refractivity contribution is 7.91. The van der Waals surface area contributed by atoms with Crippen molar-refractivity contribution in [1.82, 2.24) is 9.62 Å². The highest BCUT2D eigenvalue weighted by Gasteiger charge is 2.36. The van der Waals surface area contributed by atoms with Crippen molar-refractivity contribution < 1.29 is 23.1 Å². The minimum absolute atomic E-state index is 0.0276. The van der Waals surface area contributed by atoms with E-state index in [4.69, 9.17) is 4.74 Å². The summed E-state index contributed by atoms with van der Waals surface area (Å²) >= 11 is 1.10. The van der Waals surface area contributed by atoms with Gasteiger partial charge in [0.1, 0.15) is 4.21 Å². The van der Waals surface area contributed by atoms with Gasteiger partial charge in [0.05, 0.1) is 11.7 Å². The summed E-state index contributed by atoms with van der Waals surface area (Å²) in [6, 6.07) is 0. The van der Waals surface area contributed by atoms with Gasteiger partial charge in [0.25, 0.3) is 10.0 Å². The van der Waals surface area contributed by atoms with Crippen LogP contribution in [-0.2, 0) is 27.7 Å². The van der Waals surface area contributed by atoms with E-state index in [1.54, 1.807) is 0 Å². The average molecular weight is 389 g/mol. The standard InChI is InChI=1S/C16H24N2O5S2/c1-2-7-18(10-11-4-3-8-23-11)25(21,22)16-14(15(19)20)12-5-6-17-9-13(12)24-16/h11,17H,2-10H2,1H3,(H,19,20). The van der Waals surface area contributed by atoms with Crippen molar-refractivity contribution in [2.24, 2.45) is 0 Å². The first-order valence-corrected chi connectivity index (χ1v) is 10.9. The first-order chi connectivity index (χ1) is 11.9. The summed E-state index contributed by atoms with van der Waals surface area (Å²) in [6.07, 6.45) is 2.88. The predicted molar refractivity (Wildman–Crippen MR) is 94.7 cm³/mol. The Balaban J connectivity index is 1.99. The van der Waals surface area contributed by atoms with Gasteiger partial charge in [-0.3, -0.25) is 0 Å². The Morgan fingerprint density at radius 2 is 2.28 bits per heavy atom. The van der Waals surface area contributed by atoms with E-state index in [9.17, 15) is 18.3 Å². The van der Waals surface area contributed by atoms with Gasteiger partial charge in [-0.1, -0.05) is 6.92 Å². The molecule has 1 unspecified atom stereocenters. The molecular weight excluding hydrogens is 364 g/mol. The van der Waals surface area contributed by atoms with Gasteiger partial charge in [-0.05, 0) is 37.8 Å². The van der Waals surface area contributed by atoms with Gasteiger partial charge >= 0.3 is 5.97 Å². The monoisotopic (exact) mass is 388 g/mol. The second kappa shape index (κ2) is 7.71. The molecule has 2 aliphatic heterocycles. The van der Waals surface area contributed by atoms with Crippen molar-refractivity contribution in [1.29, 1.82) is 0 Å². The number of hydrogen-bond donors (Lipinski definition) is 2. The van der Waals surface area contributed by atoms with Gasteiger partial charge < -0.3 is 15.2 Å². The number of carboxylic acid groups (broad SMARTS) is 1. The van der Waals surface area contributed by atoms with Crippen LogP contribution in [0.2, 0.25) is 0 Å². The number of thiophene rings is 1. The molecule has 1 fully saturated rings. The maximum atomic E-state index is 13.3. The summed E-state index contributed by atoms with van der Waals surface area (Å²) in [5.74, 6) is -1.16. The zero-order chi connectivity index (χ0) is 18.0. The molecule has 0 amide bonds. The van der Waals surface area contributed by atoms with Crippen LogP contribution in [0.5, 0.6) is 0 Å². The highest BCUT2D eigenvalue weighted by atomic mass is 32.2. The van der Waals surface area contributed by atoms with E-state index in [1.807, 2.05) is 6.92 Å². The van der Waals surface area contributed by atoms with Gasteiger partial charge in [-0.2, -0.15) is 4.31 Å². The Bertz CT molecular complexity index is 738. The molecule has 1 saturated heterocycles. The fourth-order valence-electron chi connectivity index (χ4n) is 3.40. The summed E-state index contributed by atoms with van der Waals surface area (Å²) < 4.78 is 33.5. The third-order valence-corrected chi connectivity index (χ3v) is 8.18. The average Bonchev–Trinajstić information content (AvgIpc) is 3.21. The number of carboxylic acids is 1. The molecule has 7 nitrogen and oxygen atoms in total. The number of rotatable bonds is 7. The fraction of sp³-hybridized carbons (Fsp3) is 0.688. The van der Waals surface area contributed by atoms with Crippen LogP contribution in [0.25, 0.3) is 0 Å². The normalized spacial score (nSPS) is 20.8. The molecule has 140 valence electrons. The summed E-state index contributed by atoms with van der Waals surface area (Å²) in [4.78, 5) is 12.6. The second-order valence-electron chi connectivity index (χ2n) is 6.40. The molecule has 1 aromatic rings. The molecule has 3 rings (SSSR count). The zero-order valence-corrected chi connectivity index (χ0v) is 15.9. The minimum atomic E-state index is -3.86. The molecule has 2 N–H and O–H groups in total. The number of aromatic carboxylic acids is 1. The zero-order valence-electron chi connectivity index (χ0n) is 14.3. The lowest BCUT2D eigenvalue weighted by atomic mass is 10.1. The molecule has 0 aromatic carbocycles. The third-order valence-electron chi connectivity index (χ3n) is 4.59. The molecule has 1 aromatic heterocycles. The van der Waals surface area contributed by atoms with Crippen molar-refractivity contribution in [3.63, 3.8) is 0 Å². The van der Waals surface area contributed by atoms with Crippen LogP contribution in [0.3, 0.4) is 0 Å². The van der Waals surface area contributed by atoms with E-state index >= 15 is 0 Å². The Labute approximate surface area is 152 Å². The Morgan fingerprint density at radius 1 is 1.48 bits per heavy atom. The first-order valence-electron chi connectivity index (χ1n) is 8.65. The van der Waals surface area contributed by atoms with Crippen molar-refractivity contribution in [2.75, 3.05) is 26.2 Å². The largest absolute Gasteiger partial charge is 0.478 e. The molecule has 0 spiro atoms. The van der Waals surface area contributed by atoms with Crippen molar-refractivity contribution in [3.8, 4) is 0 Å². The molecule has 3 heterocycles. The van der Waals surface area contributed by atoms with Crippen LogP contribution in [0.15, 0.2) is 4.21 Å². The number of hydrogen-bond acceptors (Lipinski definition) is 6. The number of carbonyl (C=O) groups is 1. The molecule has 0 radical (unpaired) electrons. The molecule has 25 heavy (non-hydrogen) atoms. The summed E-state index contributed by atoms with van der Waals surface area (Å²) in [6.45, 7) is 4.41. The van der Waals surface area contributed by atoms with Gasteiger partial charge in [-0.25, -0.2) is 13.2 Å².